The van der Waals surface area contributed by atoms with Crippen molar-refractivity contribution < 1.29 is 0 Å². The third kappa shape index (κ3) is 3.18. The van der Waals surface area contributed by atoms with Crippen molar-refractivity contribution in [2.75, 3.05) is 11.2 Å². The molecule has 0 aromatic carbocycles. The summed E-state index contributed by atoms with van der Waals surface area (Å²) < 4.78 is 0. The summed E-state index contributed by atoms with van der Waals surface area (Å²) in [6.07, 6.45) is 1.86. The third-order valence-corrected chi connectivity index (χ3v) is 2.55. The Kier molecular flexibility index (Phi) is 4.21. The molecule has 1 heterocycles. The number of aryl methyl sites for hydroxylation is 1. The predicted molar refractivity (Wildman–Crippen MR) is 61.9 cm³/mol. The summed E-state index contributed by atoms with van der Waals surface area (Å²) in [7, 11) is 0. The van der Waals surface area contributed by atoms with Crippen molar-refractivity contribution in [1.29, 1.82) is 0 Å². The van der Waals surface area contributed by atoms with Gasteiger partial charge in [0, 0.05) is 18.1 Å². The van der Waals surface area contributed by atoms with Gasteiger partial charge in [-0.3, -0.25) is 0 Å². The molecule has 1 rings (SSSR count). The van der Waals surface area contributed by atoms with Crippen molar-refractivity contribution in [3.05, 3.63) is 23.9 Å². The van der Waals surface area contributed by atoms with Crippen molar-refractivity contribution >= 4 is 17.4 Å². The van der Waals surface area contributed by atoms with Crippen LogP contribution in [-0.4, -0.2) is 16.9 Å². The molecule has 0 saturated carbocycles. The summed E-state index contributed by atoms with van der Waals surface area (Å²) in [5, 5.41) is 3.31. The number of aromatic nitrogens is 1. The normalized spacial score (nSPS) is 12.9. The SMILES string of the molecule is Cc1ccc(NC(CCl)C(C)C)nc1. The number of nitrogens with one attached hydrogen (secondary N) is 1. The van der Waals surface area contributed by atoms with Gasteiger partial charge in [0.1, 0.15) is 5.82 Å². The van der Waals surface area contributed by atoms with Gasteiger partial charge in [0.05, 0.1) is 0 Å². The van der Waals surface area contributed by atoms with Gasteiger partial charge in [-0.25, -0.2) is 4.98 Å². The predicted octanol–water partition coefficient (Wildman–Crippen LogP) is 3.07. The minimum absolute atomic E-state index is 0.284. The molecule has 0 aliphatic rings. The zero-order chi connectivity index (χ0) is 10.6. The number of hydrogen-bond acceptors (Lipinski definition) is 2. The average Bonchev–Trinajstić information content (AvgIpc) is 2.16. The Labute approximate surface area is 90.7 Å². The van der Waals surface area contributed by atoms with E-state index in [0.717, 1.165) is 5.82 Å². The molecule has 0 amide bonds. The minimum Gasteiger partial charge on any atom is -0.366 e. The molecule has 0 aliphatic carbocycles. The molecule has 1 N–H and O–H groups in total. The summed E-state index contributed by atoms with van der Waals surface area (Å²) >= 11 is 5.85. The molecule has 0 saturated heterocycles. The van der Waals surface area contributed by atoms with E-state index in [9.17, 15) is 0 Å². The first-order chi connectivity index (χ1) is 6.63. The molecule has 1 aromatic heterocycles. The van der Waals surface area contributed by atoms with Crippen LogP contribution < -0.4 is 5.32 Å². The van der Waals surface area contributed by atoms with Crippen LogP contribution in [0.4, 0.5) is 5.82 Å². The number of nitrogens with zero attached hydrogens (tertiary/aromatic N) is 1. The molecule has 0 aliphatic heterocycles. The highest BCUT2D eigenvalue weighted by molar-refractivity contribution is 6.18. The maximum atomic E-state index is 5.85. The second-order valence-electron chi connectivity index (χ2n) is 3.87. The maximum Gasteiger partial charge on any atom is 0.126 e. The minimum atomic E-state index is 0.284. The fourth-order valence-electron chi connectivity index (χ4n) is 1.13. The molecule has 14 heavy (non-hydrogen) atoms. The second-order valence-corrected chi connectivity index (χ2v) is 4.18. The molecule has 0 spiro atoms. The van der Waals surface area contributed by atoms with Crippen LogP contribution in [0.5, 0.6) is 0 Å². The van der Waals surface area contributed by atoms with Crippen LogP contribution in [0, 0.1) is 12.8 Å². The summed E-state index contributed by atoms with van der Waals surface area (Å²) in [4.78, 5) is 4.28. The van der Waals surface area contributed by atoms with Crippen LogP contribution in [-0.2, 0) is 0 Å². The largest absolute Gasteiger partial charge is 0.366 e. The van der Waals surface area contributed by atoms with E-state index in [-0.39, 0.29) is 6.04 Å². The molecule has 78 valence electrons. The summed E-state index contributed by atoms with van der Waals surface area (Å²) in [6.45, 7) is 6.32. The van der Waals surface area contributed by atoms with Crippen molar-refractivity contribution in [3.8, 4) is 0 Å². The number of pyridine rings is 1. The van der Waals surface area contributed by atoms with Crippen molar-refractivity contribution in [2.24, 2.45) is 5.92 Å². The number of halogens is 1. The first kappa shape index (κ1) is 11.3. The van der Waals surface area contributed by atoms with Gasteiger partial charge in [0.25, 0.3) is 0 Å². The Morgan fingerprint density at radius 1 is 1.43 bits per heavy atom. The van der Waals surface area contributed by atoms with E-state index in [1.807, 2.05) is 25.3 Å². The molecule has 2 nitrogen and oxygen atoms in total. The van der Waals surface area contributed by atoms with E-state index in [1.165, 1.54) is 5.56 Å². The van der Waals surface area contributed by atoms with Gasteiger partial charge in [-0.2, -0.15) is 0 Å². The van der Waals surface area contributed by atoms with Crippen molar-refractivity contribution in [3.63, 3.8) is 0 Å². The molecule has 3 heteroatoms. The van der Waals surface area contributed by atoms with E-state index in [1.54, 1.807) is 0 Å². The molecule has 1 atom stereocenters. The van der Waals surface area contributed by atoms with Crippen LogP contribution in [0.3, 0.4) is 0 Å². The Morgan fingerprint density at radius 3 is 2.57 bits per heavy atom. The summed E-state index contributed by atoms with van der Waals surface area (Å²) in [6, 6.07) is 4.31. The van der Waals surface area contributed by atoms with Gasteiger partial charge in [0.2, 0.25) is 0 Å². The van der Waals surface area contributed by atoms with E-state index in [4.69, 9.17) is 11.6 Å². The zero-order valence-corrected chi connectivity index (χ0v) is 9.67. The Morgan fingerprint density at radius 2 is 2.14 bits per heavy atom. The lowest BCUT2D eigenvalue weighted by molar-refractivity contribution is 0.562. The van der Waals surface area contributed by atoms with E-state index >= 15 is 0 Å². The highest BCUT2D eigenvalue weighted by Crippen LogP contribution is 2.11. The lowest BCUT2D eigenvalue weighted by Crippen LogP contribution is -2.27. The molecule has 1 aromatic rings. The molecule has 0 bridgehead atoms. The summed E-state index contributed by atoms with van der Waals surface area (Å²) in [5.74, 6) is 2.01. The molecule has 1 unspecified atom stereocenters. The Bertz CT molecular complexity index is 269. The topological polar surface area (TPSA) is 24.9 Å². The standard InChI is InChI=1S/C11H17ClN2/c1-8(2)10(6-12)14-11-5-4-9(3)7-13-11/h4-5,7-8,10H,6H2,1-3H3,(H,13,14). The van der Waals surface area contributed by atoms with Crippen LogP contribution in [0.2, 0.25) is 0 Å². The van der Waals surface area contributed by atoms with Crippen molar-refractivity contribution in [1.82, 2.24) is 4.98 Å². The monoisotopic (exact) mass is 212 g/mol. The molecular weight excluding hydrogens is 196 g/mol. The van der Waals surface area contributed by atoms with Gasteiger partial charge in [-0.05, 0) is 24.5 Å². The van der Waals surface area contributed by atoms with E-state index in [0.29, 0.717) is 11.8 Å². The molecule has 0 radical (unpaired) electrons. The maximum absolute atomic E-state index is 5.85. The second kappa shape index (κ2) is 5.20. The lowest BCUT2D eigenvalue weighted by atomic mass is 10.1. The fourth-order valence-corrected chi connectivity index (χ4v) is 1.56. The van der Waals surface area contributed by atoms with Gasteiger partial charge in [-0.15, -0.1) is 11.6 Å². The number of anilines is 1. The van der Waals surface area contributed by atoms with E-state index < -0.39 is 0 Å². The number of rotatable bonds is 4. The van der Waals surface area contributed by atoms with Crippen LogP contribution in [0.15, 0.2) is 18.3 Å². The third-order valence-electron chi connectivity index (χ3n) is 2.22. The quantitative estimate of drug-likeness (QED) is 0.776. The van der Waals surface area contributed by atoms with Crippen LogP contribution in [0.1, 0.15) is 19.4 Å². The fraction of sp³-hybridized carbons (Fsp3) is 0.545. The van der Waals surface area contributed by atoms with Crippen molar-refractivity contribution in [2.45, 2.75) is 26.8 Å². The van der Waals surface area contributed by atoms with Crippen LogP contribution >= 0.6 is 11.6 Å². The van der Waals surface area contributed by atoms with Gasteiger partial charge >= 0.3 is 0 Å². The Balaban J connectivity index is 2.63. The molecular formula is C11H17ClN2. The van der Waals surface area contributed by atoms with Gasteiger partial charge in [-0.1, -0.05) is 19.9 Å². The zero-order valence-electron chi connectivity index (χ0n) is 8.92. The molecule has 0 fully saturated rings. The smallest absolute Gasteiger partial charge is 0.126 e. The number of hydrogen-bond donors (Lipinski definition) is 1. The average molecular weight is 213 g/mol. The summed E-state index contributed by atoms with van der Waals surface area (Å²) in [5.41, 5.74) is 1.17. The first-order valence-electron chi connectivity index (χ1n) is 4.88. The first-order valence-corrected chi connectivity index (χ1v) is 5.42. The Hall–Kier alpha value is -0.760. The number of alkyl halides is 1. The van der Waals surface area contributed by atoms with Gasteiger partial charge in [0.15, 0.2) is 0 Å². The lowest BCUT2D eigenvalue weighted by Gasteiger charge is -2.20. The highest BCUT2D eigenvalue weighted by atomic mass is 35.5. The van der Waals surface area contributed by atoms with E-state index in [2.05, 4.69) is 24.1 Å². The van der Waals surface area contributed by atoms with Crippen LogP contribution in [0.25, 0.3) is 0 Å². The highest BCUT2D eigenvalue weighted by Gasteiger charge is 2.11. The van der Waals surface area contributed by atoms with Gasteiger partial charge < -0.3 is 5.32 Å².